The van der Waals surface area contributed by atoms with Crippen LogP contribution in [0.5, 0.6) is 0 Å². The van der Waals surface area contributed by atoms with Crippen LogP contribution in [0.25, 0.3) is 0 Å². The van der Waals surface area contributed by atoms with Gasteiger partial charge in [-0.15, -0.1) is 0 Å². The average molecular weight is 307 g/mol. The van der Waals surface area contributed by atoms with E-state index in [-0.39, 0.29) is 31.9 Å². The molecule has 1 amide bonds. The third kappa shape index (κ3) is 3.29. The second-order valence-corrected chi connectivity index (χ2v) is 7.13. The van der Waals surface area contributed by atoms with Gasteiger partial charge in [-0.2, -0.15) is 17.0 Å². The predicted molar refractivity (Wildman–Crippen MR) is 71.0 cm³/mol. The van der Waals surface area contributed by atoms with Crippen molar-refractivity contribution in [1.82, 2.24) is 8.61 Å². The molecule has 3 unspecified atom stereocenters. The molecule has 0 bridgehead atoms. The third-order valence-electron chi connectivity index (χ3n) is 3.39. The maximum absolute atomic E-state index is 12.6. The molecule has 0 aliphatic carbocycles. The smallest absolute Gasteiger partial charge is 0.282 e. The number of amides is 1. The fraction of sp³-hybridized carbons (Fsp3) is 0.909. The molecule has 0 saturated carbocycles. The fourth-order valence-corrected chi connectivity index (χ4v) is 4.24. The summed E-state index contributed by atoms with van der Waals surface area (Å²) in [6.07, 6.45) is -1.18. The number of nitrogens with two attached hydrogens (primary N) is 1. The van der Waals surface area contributed by atoms with Gasteiger partial charge in [0.2, 0.25) is 5.91 Å². The van der Waals surface area contributed by atoms with Gasteiger partial charge in [0.15, 0.2) is 0 Å². The fourth-order valence-electron chi connectivity index (χ4n) is 2.49. The van der Waals surface area contributed by atoms with Gasteiger partial charge in [-0.05, 0) is 13.8 Å². The molecule has 8 nitrogen and oxygen atoms in total. The molecule has 2 aliphatic heterocycles. The Balaban J connectivity index is 2.11. The summed E-state index contributed by atoms with van der Waals surface area (Å²) in [6, 6.07) is 0. The van der Waals surface area contributed by atoms with Crippen molar-refractivity contribution >= 4 is 16.1 Å². The summed E-state index contributed by atoms with van der Waals surface area (Å²) < 4.78 is 38.5. The van der Waals surface area contributed by atoms with Gasteiger partial charge in [0, 0.05) is 19.6 Å². The van der Waals surface area contributed by atoms with E-state index in [4.69, 9.17) is 15.2 Å². The molecule has 2 fully saturated rings. The molecule has 9 heteroatoms. The van der Waals surface area contributed by atoms with E-state index in [1.165, 1.54) is 8.61 Å². The van der Waals surface area contributed by atoms with Crippen LogP contribution in [0, 0.1) is 0 Å². The van der Waals surface area contributed by atoms with E-state index in [2.05, 4.69) is 0 Å². The molecule has 2 rings (SSSR count). The number of morpholine rings is 2. The molecule has 3 atom stereocenters. The average Bonchev–Trinajstić information content (AvgIpc) is 2.37. The minimum atomic E-state index is -3.62. The summed E-state index contributed by atoms with van der Waals surface area (Å²) in [6.45, 7) is 4.66. The summed E-state index contributed by atoms with van der Waals surface area (Å²) in [5, 5.41) is 0. The number of carbonyl (C=O) groups is 1. The number of hydrogen-bond donors (Lipinski definition) is 1. The van der Waals surface area contributed by atoms with E-state index < -0.39 is 22.2 Å². The molecule has 0 radical (unpaired) electrons. The van der Waals surface area contributed by atoms with Crippen molar-refractivity contribution in [3.05, 3.63) is 0 Å². The minimum absolute atomic E-state index is 0.0300. The Bertz CT molecular complexity index is 459. The SMILES string of the molecule is CC1CN(S(=O)(=O)N2CCOC(C(N)=O)C2)CC(C)O1. The molecule has 2 aliphatic rings. The molecule has 20 heavy (non-hydrogen) atoms. The summed E-state index contributed by atoms with van der Waals surface area (Å²) in [7, 11) is -3.62. The highest BCUT2D eigenvalue weighted by Crippen LogP contribution is 2.19. The highest BCUT2D eigenvalue weighted by molar-refractivity contribution is 7.86. The topological polar surface area (TPSA) is 102 Å². The lowest BCUT2D eigenvalue weighted by Gasteiger charge is -2.39. The molecule has 116 valence electrons. The zero-order valence-electron chi connectivity index (χ0n) is 11.7. The van der Waals surface area contributed by atoms with Crippen LogP contribution >= 0.6 is 0 Å². The van der Waals surface area contributed by atoms with Crippen LogP contribution < -0.4 is 5.73 Å². The van der Waals surface area contributed by atoms with Crippen molar-refractivity contribution in [2.45, 2.75) is 32.2 Å². The Morgan fingerprint density at radius 3 is 2.30 bits per heavy atom. The van der Waals surface area contributed by atoms with Gasteiger partial charge < -0.3 is 15.2 Å². The second-order valence-electron chi connectivity index (χ2n) is 5.20. The Morgan fingerprint density at radius 2 is 1.75 bits per heavy atom. The summed E-state index contributed by atoms with van der Waals surface area (Å²) in [4.78, 5) is 11.1. The first-order chi connectivity index (χ1) is 9.30. The van der Waals surface area contributed by atoms with Crippen LogP contribution in [0.2, 0.25) is 0 Å². The molecular formula is C11H21N3O5S. The lowest BCUT2D eigenvalue weighted by atomic mass is 10.3. The molecule has 2 saturated heterocycles. The number of primary amides is 1. The maximum atomic E-state index is 12.6. The van der Waals surface area contributed by atoms with Gasteiger partial charge >= 0.3 is 0 Å². The lowest BCUT2D eigenvalue weighted by Crippen LogP contribution is -2.57. The maximum Gasteiger partial charge on any atom is 0.282 e. The predicted octanol–water partition coefficient (Wildman–Crippen LogP) is -1.47. The monoisotopic (exact) mass is 307 g/mol. The van der Waals surface area contributed by atoms with Gasteiger partial charge in [0.1, 0.15) is 6.10 Å². The van der Waals surface area contributed by atoms with Crippen LogP contribution in [0.3, 0.4) is 0 Å². The van der Waals surface area contributed by atoms with Crippen molar-refractivity contribution in [3.63, 3.8) is 0 Å². The largest absolute Gasteiger partial charge is 0.373 e. The first-order valence-electron chi connectivity index (χ1n) is 6.62. The van der Waals surface area contributed by atoms with Crippen LogP contribution in [0.15, 0.2) is 0 Å². The van der Waals surface area contributed by atoms with E-state index in [1.54, 1.807) is 0 Å². The van der Waals surface area contributed by atoms with Gasteiger partial charge in [0.05, 0.1) is 25.4 Å². The number of nitrogens with zero attached hydrogens (tertiary/aromatic N) is 2. The second kappa shape index (κ2) is 5.94. The number of ether oxygens (including phenoxy) is 2. The molecule has 2 heterocycles. The van der Waals surface area contributed by atoms with Crippen LogP contribution in [-0.2, 0) is 24.5 Å². The first kappa shape index (κ1) is 15.6. The van der Waals surface area contributed by atoms with E-state index in [9.17, 15) is 13.2 Å². The zero-order chi connectivity index (χ0) is 14.9. The molecule has 0 aromatic heterocycles. The molecule has 0 spiro atoms. The molecule has 0 aromatic carbocycles. The van der Waals surface area contributed by atoms with Crippen LogP contribution in [-0.4, -0.2) is 74.0 Å². The number of rotatable bonds is 3. The van der Waals surface area contributed by atoms with E-state index in [1.807, 2.05) is 13.8 Å². The molecule has 0 aromatic rings. The Morgan fingerprint density at radius 1 is 1.15 bits per heavy atom. The quantitative estimate of drug-likeness (QED) is 0.685. The van der Waals surface area contributed by atoms with Gasteiger partial charge in [-0.3, -0.25) is 4.79 Å². The van der Waals surface area contributed by atoms with Gasteiger partial charge in [-0.25, -0.2) is 0 Å². The highest BCUT2D eigenvalue weighted by atomic mass is 32.2. The minimum Gasteiger partial charge on any atom is -0.373 e. The summed E-state index contributed by atoms with van der Waals surface area (Å²) in [5.74, 6) is -0.645. The van der Waals surface area contributed by atoms with Gasteiger partial charge in [-0.1, -0.05) is 0 Å². The van der Waals surface area contributed by atoms with Crippen molar-refractivity contribution in [2.24, 2.45) is 5.73 Å². The van der Waals surface area contributed by atoms with Crippen molar-refractivity contribution in [2.75, 3.05) is 32.8 Å². The van der Waals surface area contributed by atoms with Crippen LogP contribution in [0.1, 0.15) is 13.8 Å². The molecule has 2 N–H and O–H groups in total. The van der Waals surface area contributed by atoms with Crippen molar-refractivity contribution in [3.8, 4) is 0 Å². The number of carbonyl (C=O) groups excluding carboxylic acids is 1. The Kier molecular flexibility index (Phi) is 4.65. The standard InChI is InChI=1S/C11H21N3O5S/c1-8-5-14(6-9(2)19-8)20(16,17)13-3-4-18-10(7-13)11(12)15/h8-10H,3-7H2,1-2H3,(H2,12,15). The lowest BCUT2D eigenvalue weighted by molar-refractivity contribution is -0.133. The van der Waals surface area contributed by atoms with E-state index in [0.717, 1.165) is 0 Å². The number of hydrogen-bond acceptors (Lipinski definition) is 5. The highest BCUT2D eigenvalue weighted by Gasteiger charge is 2.38. The summed E-state index contributed by atoms with van der Waals surface area (Å²) in [5.41, 5.74) is 5.18. The Labute approximate surface area is 119 Å². The van der Waals surface area contributed by atoms with Crippen LogP contribution in [0.4, 0.5) is 0 Å². The van der Waals surface area contributed by atoms with Crippen molar-refractivity contribution < 1.29 is 22.7 Å². The zero-order valence-corrected chi connectivity index (χ0v) is 12.5. The van der Waals surface area contributed by atoms with E-state index in [0.29, 0.717) is 13.1 Å². The molecular weight excluding hydrogens is 286 g/mol. The Hall–Kier alpha value is -0.740. The summed E-state index contributed by atoms with van der Waals surface area (Å²) >= 11 is 0. The van der Waals surface area contributed by atoms with Crippen molar-refractivity contribution in [1.29, 1.82) is 0 Å². The van der Waals surface area contributed by atoms with Gasteiger partial charge in [0.25, 0.3) is 10.2 Å². The first-order valence-corrected chi connectivity index (χ1v) is 8.02. The normalized spacial score (nSPS) is 34.0. The third-order valence-corrected chi connectivity index (χ3v) is 5.32. The van der Waals surface area contributed by atoms with E-state index >= 15 is 0 Å².